The molecule has 1 amide bonds. The van der Waals surface area contributed by atoms with E-state index >= 15 is 0 Å². The Morgan fingerprint density at radius 1 is 1.47 bits per heavy atom. The van der Waals surface area contributed by atoms with E-state index in [1.165, 1.54) is 0 Å². The zero-order valence-corrected chi connectivity index (χ0v) is 11.4. The van der Waals surface area contributed by atoms with E-state index in [2.05, 4.69) is 6.07 Å². The van der Waals surface area contributed by atoms with Crippen LogP contribution < -0.4 is 10.6 Å². The molecule has 3 unspecified atom stereocenters. The van der Waals surface area contributed by atoms with Gasteiger partial charge in [0.2, 0.25) is 5.91 Å². The Morgan fingerprint density at radius 2 is 2.26 bits per heavy atom. The van der Waals surface area contributed by atoms with Crippen LogP contribution in [-0.2, 0) is 9.53 Å². The largest absolute Gasteiger partial charge is 0.376 e. The second-order valence-electron chi connectivity index (χ2n) is 5.51. The molecule has 4 heteroatoms. The zero-order chi connectivity index (χ0) is 13.6. The van der Waals surface area contributed by atoms with Crippen LogP contribution in [0.2, 0.25) is 0 Å². The maximum atomic E-state index is 12.0. The third-order valence-electron chi connectivity index (χ3n) is 4.33. The number of anilines is 1. The molecule has 2 heterocycles. The molecule has 1 saturated heterocycles. The molecule has 1 aromatic carbocycles. The Balaban J connectivity index is 1.92. The first-order valence-electron chi connectivity index (χ1n) is 6.88. The predicted molar refractivity (Wildman–Crippen MR) is 74.2 cm³/mol. The Morgan fingerprint density at radius 3 is 2.95 bits per heavy atom. The summed E-state index contributed by atoms with van der Waals surface area (Å²) in [7, 11) is 1.82. The first-order valence-corrected chi connectivity index (χ1v) is 6.88. The number of carbonyl (C=O) groups is 1. The molecule has 3 rings (SSSR count). The van der Waals surface area contributed by atoms with Crippen molar-refractivity contribution in [2.45, 2.75) is 37.8 Å². The lowest BCUT2D eigenvalue weighted by Gasteiger charge is -2.20. The van der Waals surface area contributed by atoms with Crippen molar-refractivity contribution in [1.82, 2.24) is 0 Å². The summed E-state index contributed by atoms with van der Waals surface area (Å²) < 4.78 is 5.66. The lowest BCUT2D eigenvalue weighted by atomic mass is 9.94. The van der Waals surface area contributed by atoms with Crippen molar-refractivity contribution in [3.8, 4) is 0 Å². The number of hydrogen-bond acceptors (Lipinski definition) is 3. The standard InChI is InChI=1S/C15H20N2O2/c1-9-11-8-10(14(16)13-4-3-7-19-13)5-6-12(11)17(2)15(9)18/h5-6,8-9,13-14H,3-4,7,16H2,1-2H3. The molecule has 1 aromatic rings. The minimum absolute atomic E-state index is 0.0725. The van der Waals surface area contributed by atoms with E-state index in [0.717, 1.165) is 36.3 Å². The molecular formula is C15H20N2O2. The number of benzene rings is 1. The molecule has 2 aliphatic rings. The smallest absolute Gasteiger partial charge is 0.234 e. The van der Waals surface area contributed by atoms with E-state index in [9.17, 15) is 4.79 Å². The Labute approximate surface area is 113 Å². The van der Waals surface area contributed by atoms with Crippen LogP contribution in [0.5, 0.6) is 0 Å². The van der Waals surface area contributed by atoms with E-state index in [-0.39, 0.29) is 24.0 Å². The lowest BCUT2D eigenvalue weighted by Crippen LogP contribution is -2.25. The number of carbonyl (C=O) groups excluding carboxylic acids is 1. The maximum absolute atomic E-state index is 12.0. The van der Waals surface area contributed by atoms with E-state index in [4.69, 9.17) is 10.5 Å². The fraction of sp³-hybridized carbons (Fsp3) is 0.533. The van der Waals surface area contributed by atoms with Crippen molar-refractivity contribution >= 4 is 11.6 Å². The van der Waals surface area contributed by atoms with E-state index in [0.29, 0.717) is 0 Å². The zero-order valence-electron chi connectivity index (χ0n) is 11.4. The number of fused-ring (bicyclic) bond motifs is 1. The average molecular weight is 260 g/mol. The first kappa shape index (κ1) is 12.6. The molecule has 19 heavy (non-hydrogen) atoms. The molecule has 3 atom stereocenters. The highest BCUT2D eigenvalue weighted by Gasteiger charge is 2.33. The summed E-state index contributed by atoms with van der Waals surface area (Å²) in [5.74, 6) is 0.0782. The summed E-state index contributed by atoms with van der Waals surface area (Å²) in [5.41, 5.74) is 9.44. The fourth-order valence-electron chi connectivity index (χ4n) is 3.08. The molecule has 102 valence electrons. The molecule has 0 spiro atoms. The Kier molecular flexibility index (Phi) is 3.07. The van der Waals surface area contributed by atoms with Gasteiger partial charge in [-0.1, -0.05) is 12.1 Å². The number of amides is 1. The van der Waals surface area contributed by atoms with Crippen LogP contribution in [0.15, 0.2) is 18.2 Å². The number of likely N-dealkylation sites (N-methyl/N-ethyl adjacent to an activating group) is 1. The number of nitrogens with two attached hydrogens (primary N) is 1. The molecule has 0 aliphatic carbocycles. The first-order chi connectivity index (χ1) is 9.09. The van der Waals surface area contributed by atoms with Crippen LogP contribution in [0.4, 0.5) is 5.69 Å². The van der Waals surface area contributed by atoms with Crippen LogP contribution in [0.25, 0.3) is 0 Å². The third-order valence-corrected chi connectivity index (χ3v) is 4.33. The van der Waals surface area contributed by atoms with Crippen molar-refractivity contribution < 1.29 is 9.53 Å². The molecule has 1 fully saturated rings. The van der Waals surface area contributed by atoms with Gasteiger partial charge in [-0.3, -0.25) is 4.79 Å². The molecule has 0 bridgehead atoms. The topological polar surface area (TPSA) is 55.6 Å². The number of hydrogen-bond donors (Lipinski definition) is 1. The van der Waals surface area contributed by atoms with Gasteiger partial charge in [0, 0.05) is 19.3 Å². The third kappa shape index (κ3) is 1.95. The van der Waals surface area contributed by atoms with Crippen molar-refractivity contribution in [3.05, 3.63) is 29.3 Å². The van der Waals surface area contributed by atoms with Crippen LogP contribution in [-0.4, -0.2) is 25.7 Å². The van der Waals surface area contributed by atoms with Gasteiger partial charge in [0.05, 0.1) is 18.1 Å². The molecule has 0 radical (unpaired) electrons. The van der Waals surface area contributed by atoms with Gasteiger partial charge >= 0.3 is 0 Å². The average Bonchev–Trinajstić information content (AvgIpc) is 3.03. The molecule has 4 nitrogen and oxygen atoms in total. The van der Waals surface area contributed by atoms with Crippen LogP contribution in [0.1, 0.15) is 42.9 Å². The second-order valence-corrected chi connectivity index (χ2v) is 5.51. The van der Waals surface area contributed by atoms with Gasteiger partial charge in [-0.25, -0.2) is 0 Å². The van der Waals surface area contributed by atoms with E-state index < -0.39 is 0 Å². The summed E-state index contributed by atoms with van der Waals surface area (Å²) in [6, 6.07) is 6.00. The summed E-state index contributed by atoms with van der Waals surface area (Å²) in [4.78, 5) is 13.7. The van der Waals surface area contributed by atoms with Gasteiger partial charge in [0.1, 0.15) is 0 Å². The van der Waals surface area contributed by atoms with Gasteiger partial charge < -0.3 is 15.4 Å². The van der Waals surface area contributed by atoms with Gasteiger partial charge in [-0.2, -0.15) is 0 Å². The normalized spacial score (nSPS) is 27.7. The van der Waals surface area contributed by atoms with Crippen molar-refractivity contribution in [2.75, 3.05) is 18.6 Å². The van der Waals surface area contributed by atoms with Crippen LogP contribution in [0.3, 0.4) is 0 Å². The number of ether oxygens (including phenoxy) is 1. The van der Waals surface area contributed by atoms with Crippen LogP contribution in [0, 0.1) is 0 Å². The minimum atomic E-state index is -0.0963. The van der Waals surface area contributed by atoms with E-state index in [1.54, 1.807) is 4.90 Å². The van der Waals surface area contributed by atoms with Crippen molar-refractivity contribution in [3.63, 3.8) is 0 Å². The summed E-state index contributed by atoms with van der Waals surface area (Å²) in [5, 5.41) is 0. The predicted octanol–water partition coefficient (Wildman–Crippen LogP) is 1.95. The highest BCUT2D eigenvalue weighted by Crippen LogP contribution is 2.38. The van der Waals surface area contributed by atoms with Gasteiger partial charge in [0.15, 0.2) is 0 Å². The highest BCUT2D eigenvalue weighted by atomic mass is 16.5. The Hall–Kier alpha value is -1.39. The lowest BCUT2D eigenvalue weighted by molar-refractivity contribution is -0.118. The number of nitrogens with zero attached hydrogens (tertiary/aromatic N) is 1. The molecule has 2 N–H and O–H groups in total. The second kappa shape index (κ2) is 4.62. The van der Waals surface area contributed by atoms with Gasteiger partial charge in [0.25, 0.3) is 0 Å². The summed E-state index contributed by atoms with van der Waals surface area (Å²) in [6.45, 7) is 2.76. The SMILES string of the molecule is CC1C(=O)N(C)c2ccc(C(N)C3CCCO3)cc21. The quantitative estimate of drug-likeness (QED) is 0.884. The highest BCUT2D eigenvalue weighted by molar-refractivity contribution is 6.04. The summed E-state index contributed by atoms with van der Waals surface area (Å²) >= 11 is 0. The maximum Gasteiger partial charge on any atom is 0.234 e. The summed E-state index contributed by atoms with van der Waals surface area (Å²) in [6.07, 6.45) is 2.22. The van der Waals surface area contributed by atoms with Crippen LogP contribution >= 0.6 is 0 Å². The van der Waals surface area contributed by atoms with Crippen molar-refractivity contribution in [1.29, 1.82) is 0 Å². The monoisotopic (exact) mass is 260 g/mol. The fourth-order valence-corrected chi connectivity index (χ4v) is 3.08. The number of rotatable bonds is 2. The molecule has 0 saturated carbocycles. The van der Waals surface area contributed by atoms with Gasteiger partial charge in [-0.15, -0.1) is 0 Å². The molecule has 2 aliphatic heterocycles. The Bertz CT molecular complexity index is 509. The van der Waals surface area contributed by atoms with Crippen molar-refractivity contribution in [2.24, 2.45) is 5.73 Å². The minimum Gasteiger partial charge on any atom is -0.376 e. The van der Waals surface area contributed by atoms with Gasteiger partial charge in [-0.05, 0) is 37.0 Å². The molecule has 0 aromatic heterocycles. The molecular weight excluding hydrogens is 240 g/mol. The van der Waals surface area contributed by atoms with E-state index in [1.807, 2.05) is 26.1 Å².